The van der Waals surface area contributed by atoms with Gasteiger partial charge < -0.3 is 9.15 Å². The fourth-order valence-electron chi connectivity index (χ4n) is 5.69. The fourth-order valence-corrected chi connectivity index (χ4v) is 5.69. The van der Waals surface area contributed by atoms with Crippen molar-refractivity contribution in [2.24, 2.45) is 10.8 Å². The lowest BCUT2D eigenvalue weighted by Gasteiger charge is -2.22. The van der Waals surface area contributed by atoms with Crippen LogP contribution in [0.15, 0.2) is 88.1 Å². The molecule has 3 atom stereocenters. The Morgan fingerprint density at radius 3 is 2.31 bits per heavy atom. The number of fused-ring (bicyclic) bond motifs is 4. The van der Waals surface area contributed by atoms with Crippen molar-refractivity contribution in [3.05, 3.63) is 112 Å². The molecule has 6 heteroatoms. The first-order valence-corrected chi connectivity index (χ1v) is 11.3. The molecule has 0 saturated heterocycles. The number of esters is 1. The number of hydrogen-bond donors (Lipinski definition) is 0. The fraction of sp³-hybridized carbons (Fsp3) is 0.172. The Balaban J connectivity index is 1.58. The van der Waals surface area contributed by atoms with Crippen molar-refractivity contribution in [1.82, 2.24) is 0 Å². The van der Waals surface area contributed by atoms with Crippen LogP contribution in [0.1, 0.15) is 44.7 Å². The Morgan fingerprint density at radius 1 is 0.857 bits per heavy atom. The number of para-hydroxylation sites is 2. The number of Topliss-reactive ketones (excluding diaryl/α,β-unsaturated/α-hetero) is 2. The molecule has 1 fully saturated rings. The summed E-state index contributed by atoms with van der Waals surface area (Å²) in [5.74, 6) is -2.41. The van der Waals surface area contributed by atoms with Crippen LogP contribution in [0.2, 0.25) is 0 Å². The maximum Gasteiger partial charge on any atom is 0.347 e. The van der Waals surface area contributed by atoms with Gasteiger partial charge in [0.2, 0.25) is 0 Å². The Morgan fingerprint density at radius 2 is 1.54 bits per heavy atom. The molecule has 2 aliphatic rings. The third-order valence-corrected chi connectivity index (χ3v) is 7.53. The smallest absolute Gasteiger partial charge is 0.347 e. The lowest BCUT2D eigenvalue weighted by atomic mass is 9.82. The normalized spacial score (nSPS) is 24.3. The van der Waals surface area contributed by atoms with Crippen LogP contribution >= 0.6 is 0 Å². The molecular weight excluding hydrogens is 444 g/mol. The summed E-state index contributed by atoms with van der Waals surface area (Å²) in [5.41, 5.74) is -2.17. The lowest BCUT2D eigenvalue weighted by molar-refractivity contribution is -0.140. The summed E-state index contributed by atoms with van der Waals surface area (Å²) in [6, 6.07) is 22.1. The predicted octanol–water partition coefficient (Wildman–Crippen LogP) is 4.88. The molecular formula is C29H20O6. The number of ketones is 2. The number of benzene rings is 3. The molecule has 1 saturated carbocycles. The molecule has 6 rings (SSSR count). The van der Waals surface area contributed by atoms with Gasteiger partial charge in [0.1, 0.15) is 16.9 Å². The highest BCUT2D eigenvalue weighted by molar-refractivity contribution is 6.25. The van der Waals surface area contributed by atoms with Gasteiger partial charge in [-0.25, -0.2) is 4.79 Å². The van der Waals surface area contributed by atoms with Crippen molar-refractivity contribution in [1.29, 1.82) is 0 Å². The van der Waals surface area contributed by atoms with Crippen LogP contribution in [0.4, 0.5) is 0 Å². The van der Waals surface area contributed by atoms with Gasteiger partial charge in [-0.3, -0.25) is 14.4 Å². The molecule has 1 aliphatic heterocycles. The number of hydrogen-bond acceptors (Lipinski definition) is 6. The van der Waals surface area contributed by atoms with Crippen molar-refractivity contribution < 1.29 is 23.5 Å². The molecule has 3 aromatic carbocycles. The monoisotopic (exact) mass is 464 g/mol. The van der Waals surface area contributed by atoms with E-state index >= 15 is 0 Å². The third-order valence-electron chi connectivity index (χ3n) is 7.53. The molecule has 0 radical (unpaired) electrons. The average Bonchev–Trinajstić information content (AvgIpc) is 3.46. The molecule has 1 aliphatic carbocycles. The number of aryl methyl sites for hydroxylation is 1. The van der Waals surface area contributed by atoms with Crippen LogP contribution in [-0.2, 0) is 4.79 Å². The highest BCUT2D eigenvalue weighted by Gasteiger charge is 2.87. The van der Waals surface area contributed by atoms with Gasteiger partial charge in [0, 0.05) is 22.4 Å². The zero-order valence-corrected chi connectivity index (χ0v) is 19.0. The van der Waals surface area contributed by atoms with Gasteiger partial charge in [-0.05, 0) is 25.1 Å². The minimum absolute atomic E-state index is 0.273. The van der Waals surface area contributed by atoms with Crippen LogP contribution in [0.25, 0.3) is 11.0 Å². The van der Waals surface area contributed by atoms with Gasteiger partial charge in [0.15, 0.2) is 17.0 Å². The molecule has 0 unspecified atom stereocenters. The highest BCUT2D eigenvalue weighted by atomic mass is 16.5. The SMILES string of the molecule is Cc1ccc(C(=O)[C@@]2(C)[C@@H]3c4ccccc4OC(=O)[C@@]32C(=O)c2cc3ccccc3oc2=O)cc1. The first kappa shape index (κ1) is 21.2. The van der Waals surface area contributed by atoms with E-state index in [1.54, 1.807) is 79.7 Å². The topological polar surface area (TPSA) is 90.7 Å². The predicted molar refractivity (Wildman–Crippen MR) is 128 cm³/mol. The molecule has 35 heavy (non-hydrogen) atoms. The Labute approximate surface area is 200 Å². The Kier molecular flexibility index (Phi) is 4.30. The van der Waals surface area contributed by atoms with E-state index in [9.17, 15) is 19.2 Å². The van der Waals surface area contributed by atoms with E-state index in [0.717, 1.165) is 5.56 Å². The highest BCUT2D eigenvalue weighted by Crippen LogP contribution is 2.79. The van der Waals surface area contributed by atoms with Gasteiger partial charge in [-0.15, -0.1) is 0 Å². The van der Waals surface area contributed by atoms with Crippen LogP contribution in [-0.4, -0.2) is 17.5 Å². The van der Waals surface area contributed by atoms with Crippen LogP contribution < -0.4 is 10.4 Å². The van der Waals surface area contributed by atoms with Crippen molar-refractivity contribution in [3.63, 3.8) is 0 Å². The Bertz CT molecular complexity index is 1630. The van der Waals surface area contributed by atoms with Crippen molar-refractivity contribution in [2.45, 2.75) is 19.8 Å². The summed E-state index contributed by atoms with van der Waals surface area (Å²) in [6.07, 6.45) is 0. The van der Waals surface area contributed by atoms with E-state index in [-0.39, 0.29) is 11.3 Å². The van der Waals surface area contributed by atoms with Gasteiger partial charge in [-0.2, -0.15) is 0 Å². The second-order valence-corrected chi connectivity index (χ2v) is 9.38. The van der Waals surface area contributed by atoms with E-state index in [4.69, 9.17) is 9.15 Å². The summed E-state index contributed by atoms with van der Waals surface area (Å²) < 4.78 is 11.0. The van der Waals surface area contributed by atoms with Gasteiger partial charge in [0.05, 0.1) is 5.41 Å². The summed E-state index contributed by atoms with van der Waals surface area (Å²) >= 11 is 0. The van der Waals surface area contributed by atoms with E-state index in [1.165, 1.54) is 6.07 Å². The van der Waals surface area contributed by atoms with E-state index < -0.39 is 34.1 Å². The van der Waals surface area contributed by atoms with Crippen LogP contribution in [0.3, 0.4) is 0 Å². The quantitative estimate of drug-likeness (QED) is 0.141. The number of rotatable bonds is 4. The molecule has 0 N–H and O–H groups in total. The van der Waals surface area contributed by atoms with Gasteiger partial charge in [-0.1, -0.05) is 73.2 Å². The number of carbonyl (C=O) groups is 3. The Hall–Kier alpha value is -4.32. The molecule has 0 bridgehead atoms. The van der Waals surface area contributed by atoms with Crippen molar-refractivity contribution >= 4 is 28.5 Å². The van der Waals surface area contributed by atoms with Crippen molar-refractivity contribution in [2.75, 3.05) is 0 Å². The largest absolute Gasteiger partial charge is 0.425 e. The lowest BCUT2D eigenvalue weighted by Crippen LogP contribution is -2.40. The first-order chi connectivity index (χ1) is 16.8. The summed E-state index contributed by atoms with van der Waals surface area (Å²) in [6.45, 7) is 3.52. The van der Waals surface area contributed by atoms with E-state index in [1.807, 2.05) is 6.92 Å². The summed E-state index contributed by atoms with van der Waals surface area (Å²) in [7, 11) is 0. The van der Waals surface area contributed by atoms with Crippen LogP contribution in [0.5, 0.6) is 5.75 Å². The van der Waals surface area contributed by atoms with Crippen LogP contribution in [0, 0.1) is 17.8 Å². The second kappa shape index (κ2) is 7.09. The van der Waals surface area contributed by atoms with E-state index in [0.29, 0.717) is 27.8 Å². The van der Waals surface area contributed by atoms with Gasteiger partial charge in [0.25, 0.3) is 0 Å². The third kappa shape index (κ3) is 2.65. The summed E-state index contributed by atoms with van der Waals surface area (Å²) in [4.78, 5) is 54.6. The van der Waals surface area contributed by atoms with Gasteiger partial charge >= 0.3 is 11.6 Å². The maximum atomic E-state index is 14.1. The number of carbonyl (C=O) groups excluding carboxylic acids is 3. The standard InChI is InChI=1S/C29H20O6/c1-16-11-13-17(14-12-16)24(30)28(2)23-19-8-4-6-10-22(19)35-27(33)29(23,28)25(31)20-15-18-7-3-5-9-21(18)34-26(20)32/h3-15,23H,1-2H3/t23-,28+,29-/m0/s1. The minimum Gasteiger partial charge on any atom is -0.425 e. The minimum atomic E-state index is -1.87. The zero-order chi connectivity index (χ0) is 24.5. The molecule has 0 spiro atoms. The molecule has 6 nitrogen and oxygen atoms in total. The summed E-state index contributed by atoms with van der Waals surface area (Å²) in [5, 5.41) is 0.542. The molecule has 0 amide bonds. The first-order valence-electron chi connectivity index (χ1n) is 11.3. The zero-order valence-electron chi connectivity index (χ0n) is 19.0. The molecule has 2 heterocycles. The van der Waals surface area contributed by atoms with E-state index in [2.05, 4.69) is 0 Å². The maximum absolute atomic E-state index is 14.1. The number of ether oxygens (including phenoxy) is 1. The molecule has 1 aromatic heterocycles. The second-order valence-electron chi connectivity index (χ2n) is 9.38. The van der Waals surface area contributed by atoms with Crippen molar-refractivity contribution in [3.8, 4) is 5.75 Å². The average molecular weight is 464 g/mol. The molecule has 4 aromatic rings. The molecule has 172 valence electrons.